The quantitative estimate of drug-likeness (QED) is 0.482. The number of methoxy groups -OCH3 is 1. The second-order valence-corrected chi connectivity index (χ2v) is 9.46. The lowest BCUT2D eigenvalue weighted by atomic mass is 10.2. The van der Waals surface area contributed by atoms with Crippen molar-refractivity contribution in [3.05, 3.63) is 82.1 Å². The van der Waals surface area contributed by atoms with Crippen molar-refractivity contribution in [3.63, 3.8) is 0 Å². The molecule has 0 aliphatic carbocycles. The van der Waals surface area contributed by atoms with Crippen LogP contribution < -0.4 is 14.4 Å². The number of sulfonamides is 1. The van der Waals surface area contributed by atoms with E-state index in [1.807, 2.05) is 0 Å². The molecule has 3 rings (SSSR count). The highest BCUT2D eigenvalue weighted by atomic mass is 35.5. The lowest BCUT2D eigenvalue weighted by molar-refractivity contribution is -0.114. The van der Waals surface area contributed by atoms with Crippen LogP contribution in [0.4, 0.5) is 15.8 Å². The van der Waals surface area contributed by atoms with Crippen LogP contribution in [0.2, 0.25) is 10.0 Å². The van der Waals surface area contributed by atoms with Crippen LogP contribution in [0.15, 0.2) is 65.6 Å². The Bertz CT molecular complexity index is 1250. The molecule has 0 saturated heterocycles. The fourth-order valence-electron chi connectivity index (χ4n) is 2.93. The average Bonchev–Trinajstić information content (AvgIpc) is 2.75. The van der Waals surface area contributed by atoms with Crippen molar-refractivity contribution in [2.75, 3.05) is 23.3 Å². The van der Waals surface area contributed by atoms with Gasteiger partial charge in [0.25, 0.3) is 10.0 Å². The van der Waals surface area contributed by atoms with Gasteiger partial charge in [0.15, 0.2) is 0 Å². The molecule has 0 spiro atoms. The standard InChI is InChI=1S/C22H19Cl2FN2O4S/c1-14-3-10-20(31-2)21(11-14)32(29,30)27(17-7-4-15(25)5-8-17)13-22(28)26-16-6-9-18(23)19(24)12-16/h3-12H,13H2,1-2H3,(H,26,28). The van der Waals surface area contributed by atoms with Gasteiger partial charge in [-0.2, -0.15) is 0 Å². The Kier molecular flexibility index (Phi) is 7.28. The topological polar surface area (TPSA) is 75.7 Å². The Labute approximate surface area is 195 Å². The highest BCUT2D eigenvalue weighted by Gasteiger charge is 2.30. The number of rotatable bonds is 7. The summed E-state index contributed by atoms with van der Waals surface area (Å²) in [6, 6.07) is 14.0. The number of aryl methyl sites for hydroxylation is 1. The van der Waals surface area contributed by atoms with E-state index < -0.39 is 28.3 Å². The van der Waals surface area contributed by atoms with Gasteiger partial charge in [-0.15, -0.1) is 0 Å². The molecule has 0 heterocycles. The smallest absolute Gasteiger partial charge is 0.268 e. The van der Waals surface area contributed by atoms with Crippen molar-refractivity contribution in [3.8, 4) is 5.75 Å². The summed E-state index contributed by atoms with van der Waals surface area (Å²) >= 11 is 11.9. The van der Waals surface area contributed by atoms with Crippen molar-refractivity contribution < 1.29 is 22.3 Å². The minimum Gasteiger partial charge on any atom is -0.495 e. The predicted octanol–water partition coefficient (Wildman–Crippen LogP) is 5.28. The number of nitrogens with one attached hydrogen (secondary N) is 1. The molecule has 0 bridgehead atoms. The summed E-state index contributed by atoms with van der Waals surface area (Å²) in [5.74, 6) is -1.06. The molecule has 0 saturated carbocycles. The first-order valence-corrected chi connectivity index (χ1v) is 11.5. The Morgan fingerprint density at radius 2 is 1.72 bits per heavy atom. The first kappa shape index (κ1) is 23.8. The molecule has 0 atom stereocenters. The molecule has 0 aliphatic rings. The van der Waals surface area contributed by atoms with Crippen LogP contribution in [-0.2, 0) is 14.8 Å². The highest BCUT2D eigenvalue weighted by molar-refractivity contribution is 7.93. The van der Waals surface area contributed by atoms with Gasteiger partial charge in [0.2, 0.25) is 5.91 Å². The summed E-state index contributed by atoms with van der Waals surface area (Å²) in [6.07, 6.45) is 0. The van der Waals surface area contributed by atoms with E-state index in [1.54, 1.807) is 13.0 Å². The van der Waals surface area contributed by atoms with E-state index in [4.69, 9.17) is 27.9 Å². The van der Waals surface area contributed by atoms with Gasteiger partial charge in [-0.3, -0.25) is 9.10 Å². The second kappa shape index (κ2) is 9.77. The third-order valence-electron chi connectivity index (χ3n) is 4.49. The van der Waals surface area contributed by atoms with Crippen molar-refractivity contribution in [1.29, 1.82) is 0 Å². The maximum absolute atomic E-state index is 13.6. The predicted molar refractivity (Wildman–Crippen MR) is 124 cm³/mol. The molecule has 0 radical (unpaired) electrons. The maximum Gasteiger partial charge on any atom is 0.268 e. The van der Waals surface area contributed by atoms with Gasteiger partial charge >= 0.3 is 0 Å². The van der Waals surface area contributed by atoms with Crippen molar-refractivity contribution in [1.82, 2.24) is 0 Å². The number of hydrogen-bond donors (Lipinski definition) is 1. The van der Waals surface area contributed by atoms with Crippen LogP contribution >= 0.6 is 23.2 Å². The lowest BCUT2D eigenvalue weighted by Crippen LogP contribution is -2.38. The molecule has 10 heteroatoms. The molecule has 32 heavy (non-hydrogen) atoms. The summed E-state index contributed by atoms with van der Waals surface area (Å²) in [5.41, 5.74) is 1.14. The van der Waals surface area contributed by atoms with E-state index in [-0.39, 0.29) is 21.4 Å². The van der Waals surface area contributed by atoms with Crippen LogP contribution in [0.5, 0.6) is 5.75 Å². The van der Waals surface area contributed by atoms with E-state index >= 15 is 0 Å². The highest BCUT2D eigenvalue weighted by Crippen LogP contribution is 2.31. The fraction of sp³-hybridized carbons (Fsp3) is 0.136. The summed E-state index contributed by atoms with van der Waals surface area (Å²) in [6.45, 7) is 1.16. The molecule has 0 aromatic heterocycles. The SMILES string of the molecule is COc1ccc(C)cc1S(=O)(=O)N(CC(=O)Nc1ccc(Cl)c(Cl)c1)c1ccc(F)cc1. The lowest BCUT2D eigenvalue weighted by Gasteiger charge is -2.25. The van der Waals surface area contributed by atoms with E-state index in [1.165, 1.54) is 49.6 Å². The summed E-state index contributed by atoms with van der Waals surface area (Å²) in [5, 5.41) is 3.14. The summed E-state index contributed by atoms with van der Waals surface area (Å²) in [7, 11) is -2.91. The number of benzene rings is 3. The number of nitrogens with zero attached hydrogens (tertiary/aromatic N) is 1. The van der Waals surface area contributed by atoms with Crippen LogP contribution in [-0.4, -0.2) is 28.0 Å². The number of halogens is 3. The molecular weight excluding hydrogens is 478 g/mol. The van der Waals surface area contributed by atoms with Crippen LogP contribution in [0.1, 0.15) is 5.56 Å². The Morgan fingerprint density at radius 3 is 2.34 bits per heavy atom. The van der Waals surface area contributed by atoms with Crippen LogP contribution in [0.3, 0.4) is 0 Å². The number of anilines is 2. The molecule has 0 aliphatic heterocycles. The third kappa shape index (κ3) is 5.32. The summed E-state index contributed by atoms with van der Waals surface area (Å²) < 4.78 is 46.7. The Morgan fingerprint density at radius 1 is 1.03 bits per heavy atom. The monoisotopic (exact) mass is 496 g/mol. The van der Waals surface area contributed by atoms with Crippen molar-refractivity contribution in [2.45, 2.75) is 11.8 Å². The number of carbonyl (C=O) groups excluding carboxylic acids is 1. The van der Waals surface area contributed by atoms with E-state index in [0.717, 1.165) is 16.4 Å². The summed E-state index contributed by atoms with van der Waals surface area (Å²) in [4.78, 5) is 12.6. The number of hydrogen-bond acceptors (Lipinski definition) is 4. The molecule has 0 fully saturated rings. The number of amides is 1. The van der Waals surface area contributed by atoms with Gasteiger partial charge in [0, 0.05) is 5.69 Å². The van der Waals surface area contributed by atoms with Crippen LogP contribution in [0, 0.1) is 12.7 Å². The largest absolute Gasteiger partial charge is 0.495 e. The first-order chi connectivity index (χ1) is 15.1. The second-order valence-electron chi connectivity index (χ2n) is 6.82. The van der Waals surface area contributed by atoms with Crippen molar-refractivity contribution >= 4 is 50.5 Å². The average molecular weight is 497 g/mol. The van der Waals surface area contributed by atoms with E-state index in [2.05, 4.69) is 5.32 Å². The zero-order valence-corrected chi connectivity index (χ0v) is 19.4. The molecule has 3 aromatic carbocycles. The van der Waals surface area contributed by atoms with Gasteiger partial charge in [0.1, 0.15) is 23.0 Å². The van der Waals surface area contributed by atoms with E-state index in [0.29, 0.717) is 16.3 Å². The van der Waals surface area contributed by atoms with Crippen LogP contribution in [0.25, 0.3) is 0 Å². The normalized spacial score (nSPS) is 11.2. The number of ether oxygens (including phenoxy) is 1. The molecular formula is C22H19Cl2FN2O4S. The minimum absolute atomic E-state index is 0.110. The molecule has 1 N–H and O–H groups in total. The Hall–Kier alpha value is -2.81. The molecule has 6 nitrogen and oxygen atoms in total. The molecule has 3 aromatic rings. The van der Waals surface area contributed by atoms with Gasteiger partial charge < -0.3 is 10.1 Å². The number of carbonyl (C=O) groups is 1. The van der Waals surface area contributed by atoms with Gasteiger partial charge in [-0.05, 0) is 67.1 Å². The van der Waals surface area contributed by atoms with E-state index in [9.17, 15) is 17.6 Å². The minimum atomic E-state index is -4.26. The zero-order valence-electron chi connectivity index (χ0n) is 17.1. The third-order valence-corrected chi connectivity index (χ3v) is 7.03. The fourth-order valence-corrected chi connectivity index (χ4v) is 4.89. The Balaban J connectivity index is 2.00. The zero-order chi connectivity index (χ0) is 23.5. The molecule has 1 amide bonds. The van der Waals surface area contributed by atoms with Gasteiger partial charge in [-0.25, -0.2) is 12.8 Å². The molecule has 0 unspecified atom stereocenters. The van der Waals surface area contributed by atoms with Crippen molar-refractivity contribution in [2.24, 2.45) is 0 Å². The molecule has 168 valence electrons. The maximum atomic E-state index is 13.6. The first-order valence-electron chi connectivity index (χ1n) is 9.29. The van der Waals surface area contributed by atoms with Gasteiger partial charge in [0.05, 0.1) is 22.8 Å². The van der Waals surface area contributed by atoms with Gasteiger partial charge in [-0.1, -0.05) is 29.3 Å².